The van der Waals surface area contributed by atoms with Crippen LogP contribution >= 0.6 is 11.6 Å². The van der Waals surface area contributed by atoms with Gasteiger partial charge in [0.05, 0.1) is 12.0 Å². The molecular formula is C23H25ClFN5O2. The van der Waals surface area contributed by atoms with Crippen molar-refractivity contribution in [2.24, 2.45) is 11.8 Å². The molecule has 0 aromatic heterocycles. The molecule has 32 heavy (non-hydrogen) atoms. The molecule has 7 nitrogen and oxygen atoms in total. The summed E-state index contributed by atoms with van der Waals surface area (Å²) in [5, 5.41) is 8.79. The zero-order valence-corrected chi connectivity index (χ0v) is 18.1. The van der Waals surface area contributed by atoms with Crippen LogP contribution in [-0.2, 0) is 16.1 Å². The highest BCUT2D eigenvalue weighted by atomic mass is 35.5. The fourth-order valence-corrected chi connectivity index (χ4v) is 5.14. The first-order valence-corrected chi connectivity index (χ1v) is 11.2. The number of hydrogen-bond acceptors (Lipinski definition) is 5. The molecule has 3 fully saturated rings. The molecule has 2 aromatic carbocycles. The van der Waals surface area contributed by atoms with E-state index in [1.807, 2.05) is 17.1 Å². The average molecular weight is 458 g/mol. The van der Waals surface area contributed by atoms with Crippen molar-refractivity contribution in [2.75, 3.05) is 0 Å². The van der Waals surface area contributed by atoms with Crippen molar-refractivity contribution in [1.29, 1.82) is 0 Å². The number of hydrogen-bond donors (Lipinski definition) is 4. The number of nitrogens with one attached hydrogen (secondary N) is 4. The van der Waals surface area contributed by atoms with Crippen molar-refractivity contribution in [3.63, 3.8) is 0 Å². The smallest absolute Gasteiger partial charge is 0.226 e. The second-order valence-electron chi connectivity index (χ2n) is 8.67. The summed E-state index contributed by atoms with van der Waals surface area (Å²) >= 11 is 5.92. The molecule has 3 aliphatic rings. The third kappa shape index (κ3) is 4.11. The Morgan fingerprint density at radius 3 is 2.62 bits per heavy atom. The summed E-state index contributed by atoms with van der Waals surface area (Å²) in [6, 6.07) is 13.3. The van der Waals surface area contributed by atoms with Crippen LogP contribution in [0.5, 0.6) is 0 Å². The molecule has 0 radical (unpaired) electrons. The summed E-state index contributed by atoms with van der Waals surface area (Å²) in [5.74, 6) is -0.629. The van der Waals surface area contributed by atoms with Crippen molar-refractivity contribution in [3.05, 3.63) is 70.5 Å². The summed E-state index contributed by atoms with van der Waals surface area (Å²) < 4.78 is 13.3. The van der Waals surface area contributed by atoms with Gasteiger partial charge >= 0.3 is 0 Å². The van der Waals surface area contributed by atoms with Gasteiger partial charge in [-0.3, -0.25) is 9.59 Å². The van der Waals surface area contributed by atoms with Gasteiger partial charge in [-0.05, 0) is 54.7 Å². The molecule has 1 aliphatic carbocycles. The second kappa shape index (κ2) is 8.78. The Kier molecular flexibility index (Phi) is 5.86. The fourth-order valence-electron chi connectivity index (χ4n) is 5.02. The van der Waals surface area contributed by atoms with Crippen LogP contribution in [-0.4, -0.2) is 29.0 Å². The number of amides is 2. The van der Waals surface area contributed by atoms with Gasteiger partial charge in [-0.2, -0.15) is 5.53 Å². The van der Waals surface area contributed by atoms with E-state index in [1.54, 1.807) is 24.3 Å². The number of halogens is 2. The molecular weight excluding hydrogens is 433 g/mol. The Balaban J connectivity index is 1.26. The lowest BCUT2D eigenvalue weighted by molar-refractivity contribution is -0.143. The predicted molar refractivity (Wildman–Crippen MR) is 117 cm³/mol. The average Bonchev–Trinajstić information content (AvgIpc) is 3.22. The minimum Gasteiger partial charge on any atom is -0.352 e. The molecule has 0 spiro atoms. The highest BCUT2D eigenvalue weighted by Crippen LogP contribution is 2.38. The number of fused-ring (bicyclic) bond motifs is 3. The molecule has 9 heteroatoms. The molecule has 1 saturated carbocycles. The van der Waals surface area contributed by atoms with E-state index in [-0.39, 0.29) is 47.7 Å². The van der Waals surface area contributed by atoms with Crippen LogP contribution in [0, 0.1) is 17.7 Å². The van der Waals surface area contributed by atoms with Crippen LogP contribution < -0.4 is 21.6 Å². The van der Waals surface area contributed by atoms with Crippen LogP contribution in [0.1, 0.15) is 36.4 Å². The molecule has 2 saturated heterocycles. The molecule has 0 bridgehead atoms. The second-order valence-corrected chi connectivity index (χ2v) is 9.11. The lowest BCUT2D eigenvalue weighted by Crippen LogP contribution is -2.65. The molecule has 2 aromatic rings. The number of carbonyl (C=O) groups excluding carboxylic acids is 2. The third-order valence-electron chi connectivity index (χ3n) is 6.75. The number of hydrazine groups is 2. The van der Waals surface area contributed by atoms with Gasteiger partial charge in [0, 0.05) is 23.5 Å². The molecule has 2 aliphatic heterocycles. The van der Waals surface area contributed by atoms with Crippen LogP contribution in [0.2, 0.25) is 5.02 Å². The maximum atomic E-state index is 13.3. The first kappa shape index (κ1) is 21.3. The lowest BCUT2D eigenvalue weighted by Gasteiger charge is -2.46. The quantitative estimate of drug-likeness (QED) is 0.566. The molecule has 5 unspecified atom stereocenters. The molecule has 168 valence electrons. The standard InChI is InChI=1S/C23H25ClFN5O2/c24-16-6-1-13(2-7-16)12-26-22(31)15-5-10-18-19(11-15)30-21(27-23(18)32)20(28-29-30)14-3-8-17(25)9-4-14/h1-4,6-9,15,18-21,28-29H,5,10-12H2,(H,26,31)(H,27,32). The Morgan fingerprint density at radius 2 is 1.88 bits per heavy atom. The lowest BCUT2D eigenvalue weighted by atomic mass is 9.75. The Hall–Kier alpha value is -2.52. The third-order valence-corrected chi connectivity index (χ3v) is 7.00. The van der Waals surface area contributed by atoms with E-state index in [4.69, 9.17) is 11.6 Å². The van der Waals surface area contributed by atoms with E-state index in [0.29, 0.717) is 30.8 Å². The number of nitrogens with zero attached hydrogens (tertiary/aromatic N) is 1. The van der Waals surface area contributed by atoms with Crippen LogP contribution in [0.3, 0.4) is 0 Å². The Labute approximate surface area is 190 Å². The molecule has 5 rings (SSSR count). The number of benzene rings is 2. The fraction of sp³-hybridized carbons (Fsp3) is 0.391. The Morgan fingerprint density at radius 1 is 1.12 bits per heavy atom. The van der Waals surface area contributed by atoms with E-state index in [2.05, 4.69) is 21.6 Å². The van der Waals surface area contributed by atoms with E-state index < -0.39 is 0 Å². The van der Waals surface area contributed by atoms with Gasteiger partial charge in [-0.15, -0.1) is 0 Å². The first-order chi connectivity index (χ1) is 15.5. The predicted octanol–water partition coefficient (Wildman–Crippen LogP) is 2.40. The summed E-state index contributed by atoms with van der Waals surface area (Å²) in [4.78, 5) is 25.7. The summed E-state index contributed by atoms with van der Waals surface area (Å²) in [6.45, 7) is 0.444. The van der Waals surface area contributed by atoms with Gasteiger partial charge in [-0.1, -0.05) is 35.9 Å². The van der Waals surface area contributed by atoms with E-state index in [9.17, 15) is 14.0 Å². The van der Waals surface area contributed by atoms with Gasteiger partial charge < -0.3 is 10.6 Å². The van der Waals surface area contributed by atoms with E-state index >= 15 is 0 Å². The topological polar surface area (TPSA) is 85.5 Å². The van der Waals surface area contributed by atoms with Crippen molar-refractivity contribution >= 4 is 23.4 Å². The van der Waals surface area contributed by atoms with Gasteiger partial charge in [-0.25, -0.2) is 14.8 Å². The highest BCUT2D eigenvalue weighted by molar-refractivity contribution is 6.30. The summed E-state index contributed by atoms with van der Waals surface area (Å²) in [6.07, 6.45) is 1.60. The van der Waals surface area contributed by atoms with Crippen molar-refractivity contribution in [3.8, 4) is 0 Å². The molecule has 5 atom stereocenters. The van der Waals surface area contributed by atoms with Crippen LogP contribution in [0.15, 0.2) is 48.5 Å². The zero-order valence-electron chi connectivity index (χ0n) is 17.4. The molecule has 4 N–H and O–H groups in total. The van der Waals surface area contributed by atoms with Crippen LogP contribution in [0.25, 0.3) is 0 Å². The van der Waals surface area contributed by atoms with Crippen molar-refractivity contribution < 1.29 is 14.0 Å². The molecule has 2 heterocycles. The van der Waals surface area contributed by atoms with Crippen molar-refractivity contribution in [2.45, 2.75) is 44.1 Å². The highest BCUT2D eigenvalue weighted by Gasteiger charge is 2.51. The minimum atomic E-state index is -0.315. The maximum absolute atomic E-state index is 13.3. The van der Waals surface area contributed by atoms with E-state index in [0.717, 1.165) is 11.1 Å². The van der Waals surface area contributed by atoms with Crippen LogP contribution in [0.4, 0.5) is 4.39 Å². The van der Waals surface area contributed by atoms with Gasteiger partial charge in [0.2, 0.25) is 11.8 Å². The van der Waals surface area contributed by atoms with Gasteiger partial charge in [0.25, 0.3) is 0 Å². The molecule has 2 amide bonds. The first-order valence-electron chi connectivity index (χ1n) is 10.9. The summed E-state index contributed by atoms with van der Waals surface area (Å²) in [5.41, 5.74) is 8.27. The SMILES string of the molecule is O=C(NCc1ccc(Cl)cc1)C1CCC2C(=O)NC3C(c4ccc(F)cc4)NNN3C2C1. The van der Waals surface area contributed by atoms with Gasteiger partial charge in [0.1, 0.15) is 12.0 Å². The largest absolute Gasteiger partial charge is 0.352 e. The van der Waals surface area contributed by atoms with Crippen molar-refractivity contribution in [1.82, 2.24) is 26.6 Å². The Bertz CT molecular complexity index is 1000. The van der Waals surface area contributed by atoms with E-state index in [1.165, 1.54) is 12.1 Å². The number of rotatable bonds is 4. The number of carbonyl (C=O) groups is 2. The summed E-state index contributed by atoms with van der Waals surface area (Å²) in [7, 11) is 0. The maximum Gasteiger partial charge on any atom is 0.226 e. The van der Waals surface area contributed by atoms with Gasteiger partial charge in [0.15, 0.2) is 0 Å². The monoisotopic (exact) mass is 457 g/mol. The zero-order chi connectivity index (χ0) is 22.2. The normalized spacial score (nSPS) is 29.7. The minimum absolute atomic E-state index is 0.00294.